The van der Waals surface area contributed by atoms with E-state index in [1.807, 2.05) is 36.9 Å². The summed E-state index contributed by atoms with van der Waals surface area (Å²) >= 11 is 0. The van der Waals surface area contributed by atoms with Gasteiger partial charge in [0.25, 0.3) is 5.91 Å². The van der Waals surface area contributed by atoms with Crippen molar-refractivity contribution in [3.05, 3.63) is 23.8 Å². The first-order valence-electron chi connectivity index (χ1n) is 9.51. The summed E-state index contributed by atoms with van der Waals surface area (Å²) in [7, 11) is 0. The third kappa shape index (κ3) is 6.06. The zero-order chi connectivity index (χ0) is 18.2. The molecule has 26 heavy (non-hydrogen) atoms. The molecule has 1 saturated heterocycles. The molecule has 1 aliphatic rings. The average Bonchev–Trinajstić information content (AvgIpc) is 2.62. The van der Waals surface area contributed by atoms with Crippen molar-refractivity contribution in [3.63, 3.8) is 0 Å². The predicted octanol–water partition coefficient (Wildman–Crippen LogP) is 3.89. The molecule has 148 valence electrons. The monoisotopic (exact) mass is 384 g/mol. The van der Waals surface area contributed by atoms with Crippen LogP contribution in [-0.4, -0.2) is 43.2 Å². The number of unbranched alkanes of at least 4 members (excludes halogenated alkanes) is 1. The lowest BCUT2D eigenvalue weighted by Gasteiger charge is -2.34. The lowest BCUT2D eigenvalue weighted by Crippen LogP contribution is -2.45. The van der Waals surface area contributed by atoms with Gasteiger partial charge in [0.1, 0.15) is 0 Å². The Kier molecular flexibility index (Phi) is 9.81. The van der Waals surface area contributed by atoms with E-state index in [4.69, 9.17) is 15.2 Å². The van der Waals surface area contributed by atoms with Crippen LogP contribution in [-0.2, 0) is 0 Å². The standard InChI is InChI=1S/C20H32N2O3.ClH/c1-4-6-12-25-18-10-9-16(13-19(18)24-5-2)20(23)22-11-7-8-17(14-22)15(3)21;/h9-10,13,15,17H,4-8,11-12,14,21H2,1-3H3;1H. The summed E-state index contributed by atoms with van der Waals surface area (Å²) in [5, 5.41) is 0. The van der Waals surface area contributed by atoms with E-state index in [-0.39, 0.29) is 24.4 Å². The van der Waals surface area contributed by atoms with E-state index in [0.29, 0.717) is 36.2 Å². The SMILES string of the molecule is CCCCOc1ccc(C(=O)N2CCCC(C(C)N)C2)cc1OCC.Cl. The van der Waals surface area contributed by atoms with E-state index in [2.05, 4.69) is 6.92 Å². The van der Waals surface area contributed by atoms with Crippen molar-refractivity contribution in [2.75, 3.05) is 26.3 Å². The molecule has 1 aliphatic heterocycles. The maximum Gasteiger partial charge on any atom is 0.254 e. The highest BCUT2D eigenvalue weighted by atomic mass is 35.5. The van der Waals surface area contributed by atoms with Gasteiger partial charge in [0.2, 0.25) is 0 Å². The van der Waals surface area contributed by atoms with Gasteiger partial charge in [-0.05, 0) is 57.2 Å². The Morgan fingerprint density at radius 2 is 2.08 bits per heavy atom. The summed E-state index contributed by atoms with van der Waals surface area (Å²) in [6, 6.07) is 5.61. The Bertz CT molecular complexity index is 566. The van der Waals surface area contributed by atoms with Gasteiger partial charge in [-0.25, -0.2) is 0 Å². The normalized spacial score (nSPS) is 18.0. The first-order valence-corrected chi connectivity index (χ1v) is 9.51. The van der Waals surface area contributed by atoms with E-state index in [1.165, 1.54) is 0 Å². The topological polar surface area (TPSA) is 64.8 Å². The van der Waals surface area contributed by atoms with E-state index >= 15 is 0 Å². The van der Waals surface area contributed by atoms with Gasteiger partial charge in [0.15, 0.2) is 11.5 Å². The number of nitrogens with two attached hydrogens (primary N) is 1. The van der Waals surface area contributed by atoms with Gasteiger partial charge in [-0.2, -0.15) is 0 Å². The van der Waals surface area contributed by atoms with Gasteiger partial charge in [0.05, 0.1) is 13.2 Å². The quantitative estimate of drug-likeness (QED) is 0.690. The summed E-state index contributed by atoms with van der Waals surface area (Å²) < 4.78 is 11.5. The molecule has 0 bridgehead atoms. The highest BCUT2D eigenvalue weighted by Gasteiger charge is 2.27. The van der Waals surface area contributed by atoms with Crippen LogP contribution in [0.15, 0.2) is 18.2 Å². The zero-order valence-electron chi connectivity index (χ0n) is 16.2. The second-order valence-corrected chi connectivity index (χ2v) is 6.81. The molecule has 0 saturated carbocycles. The van der Waals surface area contributed by atoms with Crippen molar-refractivity contribution in [2.45, 2.75) is 52.5 Å². The Morgan fingerprint density at radius 1 is 1.31 bits per heavy atom. The fourth-order valence-electron chi connectivity index (χ4n) is 3.16. The van der Waals surface area contributed by atoms with Crippen LogP contribution in [0.3, 0.4) is 0 Å². The Balaban J connectivity index is 0.00000338. The van der Waals surface area contributed by atoms with Crippen LogP contribution in [0.2, 0.25) is 0 Å². The number of amides is 1. The van der Waals surface area contributed by atoms with E-state index in [1.54, 1.807) is 0 Å². The van der Waals surface area contributed by atoms with Crippen LogP contribution in [0.25, 0.3) is 0 Å². The average molecular weight is 385 g/mol. The van der Waals surface area contributed by atoms with Crippen LogP contribution in [0.4, 0.5) is 0 Å². The molecule has 1 amide bonds. The maximum absolute atomic E-state index is 12.9. The Labute approximate surface area is 163 Å². The lowest BCUT2D eigenvalue weighted by molar-refractivity contribution is 0.0660. The summed E-state index contributed by atoms with van der Waals surface area (Å²) in [6.07, 6.45) is 4.18. The van der Waals surface area contributed by atoms with Crippen LogP contribution >= 0.6 is 12.4 Å². The molecule has 1 fully saturated rings. The third-order valence-corrected chi connectivity index (χ3v) is 4.73. The maximum atomic E-state index is 12.9. The molecule has 1 heterocycles. The highest BCUT2D eigenvalue weighted by Crippen LogP contribution is 2.30. The van der Waals surface area contributed by atoms with Crippen LogP contribution < -0.4 is 15.2 Å². The van der Waals surface area contributed by atoms with Crippen molar-refractivity contribution in [1.82, 2.24) is 4.90 Å². The van der Waals surface area contributed by atoms with Crippen molar-refractivity contribution in [3.8, 4) is 11.5 Å². The summed E-state index contributed by atoms with van der Waals surface area (Å²) in [4.78, 5) is 14.8. The summed E-state index contributed by atoms with van der Waals surface area (Å²) in [5.41, 5.74) is 6.68. The van der Waals surface area contributed by atoms with Gasteiger partial charge < -0.3 is 20.1 Å². The van der Waals surface area contributed by atoms with E-state index in [0.717, 1.165) is 38.8 Å². The van der Waals surface area contributed by atoms with Gasteiger partial charge in [-0.3, -0.25) is 4.79 Å². The number of carbonyl (C=O) groups is 1. The Hall–Kier alpha value is -1.46. The number of hydrogen-bond donors (Lipinski definition) is 1. The minimum absolute atomic E-state index is 0. The molecular formula is C20H33ClN2O3. The molecule has 2 N–H and O–H groups in total. The molecule has 5 nitrogen and oxygen atoms in total. The van der Waals surface area contributed by atoms with E-state index < -0.39 is 0 Å². The number of halogens is 1. The minimum Gasteiger partial charge on any atom is -0.490 e. The van der Waals surface area contributed by atoms with Crippen molar-refractivity contribution in [2.24, 2.45) is 11.7 Å². The van der Waals surface area contributed by atoms with Crippen molar-refractivity contribution >= 4 is 18.3 Å². The van der Waals surface area contributed by atoms with Crippen LogP contribution in [0.1, 0.15) is 56.8 Å². The van der Waals surface area contributed by atoms with Crippen molar-refractivity contribution < 1.29 is 14.3 Å². The number of nitrogens with zero attached hydrogens (tertiary/aromatic N) is 1. The minimum atomic E-state index is 0. The number of ether oxygens (including phenoxy) is 2. The first-order chi connectivity index (χ1) is 12.1. The molecule has 0 spiro atoms. The van der Waals surface area contributed by atoms with E-state index in [9.17, 15) is 4.79 Å². The molecule has 2 unspecified atom stereocenters. The lowest BCUT2D eigenvalue weighted by atomic mass is 9.92. The number of hydrogen-bond acceptors (Lipinski definition) is 4. The molecule has 2 atom stereocenters. The number of rotatable bonds is 8. The summed E-state index contributed by atoms with van der Waals surface area (Å²) in [5.74, 6) is 1.77. The van der Waals surface area contributed by atoms with Gasteiger partial charge in [-0.1, -0.05) is 13.3 Å². The van der Waals surface area contributed by atoms with Crippen LogP contribution in [0, 0.1) is 5.92 Å². The first kappa shape index (κ1) is 22.6. The molecule has 0 radical (unpaired) electrons. The molecular weight excluding hydrogens is 352 g/mol. The molecule has 6 heteroatoms. The highest BCUT2D eigenvalue weighted by molar-refractivity contribution is 5.95. The Morgan fingerprint density at radius 3 is 2.73 bits per heavy atom. The second kappa shape index (κ2) is 11.3. The van der Waals surface area contributed by atoms with Gasteiger partial charge in [0, 0.05) is 24.7 Å². The number of carbonyl (C=O) groups excluding carboxylic acids is 1. The smallest absolute Gasteiger partial charge is 0.254 e. The number of benzene rings is 1. The zero-order valence-corrected chi connectivity index (χ0v) is 17.0. The summed E-state index contributed by atoms with van der Waals surface area (Å²) in [6.45, 7) is 8.80. The fraction of sp³-hybridized carbons (Fsp3) is 0.650. The molecule has 0 aliphatic carbocycles. The molecule has 0 aromatic heterocycles. The van der Waals surface area contributed by atoms with Crippen LogP contribution in [0.5, 0.6) is 11.5 Å². The second-order valence-electron chi connectivity index (χ2n) is 6.81. The third-order valence-electron chi connectivity index (χ3n) is 4.73. The fourth-order valence-corrected chi connectivity index (χ4v) is 3.16. The molecule has 1 aromatic carbocycles. The number of likely N-dealkylation sites (tertiary alicyclic amines) is 1. The van der Waals surface area contributed by atoms with Crippen molar-refractivity contribution in [1.29, 1.82) is 0 Å². The predicted molar refractivity (Wildman–Crippen MR) is 108 cm³/mol. The molecule has 1 aromatic rings. The largest absolute Gasteiger partial charge is 0.490 e. The number of piperidine rings is 1. The molecule has 2 rings (SSSR count). The van der Waals surface area contributed by atoms with Gasteiger partial charge >= 0.3 is 0 Å². The van der Waals surface area contributed by atoms with Gasteiger partial charge in [-0.15, -0.1) is 12.4 Å².